The molecule has 3 aromatic heterocycles. The van der Waals surface area contributed by atoms with E-state index in [2.05, 4.69) is 21.5 Å². The molecule has 0 fully saturated rings. The average molecular weight is 369 g/mol. The molecule has 3 aromatic rings. The number of thiophene rings is 1. The molecule has 0 atom stereocenters. The molecule has 0 saturated carbocycles. The van der Waals surface area contributed by atoms with Gasteiger partial charge in [-0.3, -0.25) is 4.79 Å². The molecule has 0 unspecified atom stereocenters. The fourth-order valence-electron chi connectivity index (χ4n) is 3.00. The van der Waals surface area contributed by atoms with Crippen molar-refractivity contribution in [2.45, 2.75) is 38.8 Å². The lowest BCUT2D eigenvalue weighted by Gasteiger charge is -2.26. The molecule has 1 aliphatic rings. The molecule has 0 aliphatic heterocycles. The molecule has 0 bridgehead atoms. The van der Waals surface area contributed by atoms with Crippen LogP contribution in [0.15, 0.2) is 52.1 Å². The van der Waals surface area contributed by atoms with E-state index in [0.29, 0.717) is 12.4 Å². The normalized spacial score (nSPS) is 14.2. The molecule has 3 heterocycles. The first kappa shape index (κ1) is 16.7. The van der Waals surface area contributed by atoms with Gasteiger partial charge in [0.2, 0.25) is 5.82 Å². The lowest BCUT2D eigenvalue weighted by molar-refractivity contribution is -0.131. The summed E-state index contributed by atoms with van der Waals surface area (Å²) >= 11 is 1.54. The SMILES string of the molecule is O=C(Cn1nnc(-c2cccs2)n1)N(Cc1ccco1)C1=CCCCC1. The highest BCUT2D eigenvalue weighted by Gasteiger charge is 2.22. The Balaban J connectivity index is 1.51. The lowest BCUT2D eigenvalue weighted by atomic mass is 10.0. The van der Waals surface area contributed by atoms with Crippen LogP contribution in [0.2, 0.25) is 0 Å². The van der Waals surface area contributed by atoms with Crippen molar-refractivity contribution in [3.05, 3.63) is 53.4 Å². The number of allylic oxidation sites excluding steroid dienone is 2. The van der Waals surface area contributed by atoms with Gasteiger partial charge in [0.15, 0.2) is 0 Å². The monoisotopic (exact) mass is 369 g/mol. The van der Waals surface area contributed by atoms with Crippen molar-refractivity contribution < 1.29 is 9.21 Å². The number of carbonyl (C=O) groups excluding carboxylic acids is 1. The summed E-state index contributed by atoms with van der Waals surface area (Å²) in [5, 5.41) is 14.4. The predicted molar refractivity (Wildman–Crippen MR) is 96.9 cm³/mol. The van der Waals surface area contributed by atoms with Gasteiger partial charge >= 0.3 is 0 Å². The molecule has 0 aromatic carbocycles. The number of amides is 1. The molecule has 1 aliphatic carbocycles. The van der Waals surface area contributed by atoms with Crippen LogP contribution in [0.25, 0.3) is 10.7 Å². The number of nitrogens with zero attached hydrogens (tertiary/aromatic N) is 5. The molecule has 0 saturated heterocycles. The van der Waals surface area contributed by atoms with Crippen LogP contribution in [0, 0.1) is 0 Å². The summed E-state index contributed by atoms with van der Waals surface area (Å²) in [6.45, 7) is 0.473. The lowest BCUT2D eigenvalue weighted by Crippen LogP contribution is -2.34. The molecule has 26 heavy (non-hydrogen) atoms. The number of aromatic nitrogens is 4. The molecule has 0 radical (unpaired) electrons. The Morgan fingerprint density at radius 3 is 3.00 bits per heavy atom. The number of carbonyl (C=O) groups is 1. The molecule has 1 amide bonds. The molecule has 4 rings (SSSR count). The second kappa shape index (κ2) is 7.65. The van der Waals surface area contributed by atoms with Crippen LogP contribution in [0.4, 0.5) is 0 Å². The van der Waals surface area contributed by atoms with Crippen LogP contribution < -0.4 is 0 Å². The molecular weight excluding hydrogens is 350 g/mol. The molecular formula is C18H19N5O2S. The van der Waals surface area contributed by atoms with E-state index < -0.39 is 0 Å². The van der Waals surface area contributed by atoms with E-state index in [4.69, 9.17) is 4.42 Å². The third kappa shape index (κ3) is 3.75. The second-order valence-electron chi connectivity index (χ2n) is 6.12. The Morgan fingerprint density at radius 1 is 1.31 bits per heavy atom. The molecule has 0 spiro atoms. The van der Waals surface area contributed by atoms with Gasteiger partial charge in [-0.2, -0.15) is 4.80 Å². The van der Waals surface area contributed by atoms with Gasteiger partial charge in [0.05, 0.1) is 17.7 Å². The van der Waals surface area contributed by atoms with Gasteiger partial charge in [0.1, 0.15) is 12.3 Å². The third-order valence-corrected chi connectivity index (χ3v) is 5.15. The molecule has 7 nitrogen and oxygen atoms in total. The maximum atomic E-state index is 13.0. The van der Waals surface area contributed by atoms with E-state index in [0.717, 1.165) is 35.6 Å². The van der Waals surface area contributed by atoms with Crippen LogP contribution >= 0.6 is 11.3 Å². The first-order valence-electron chi connectivity index (χ1n) is 8.63. The number of hydrogen-bond donors (Lipinski definition) is 0. The largest absolute Gasteiger partial charge is 0.467 e. The van der Waals surface area contributed by atoms with Gasteiger partial charge in [-0.15, -0.1) is 21.5 Å². The van der Waals surface area contributed by atoms with Crippen molar-refractivity contribution in [1.82, 2.24) is 25.1 Å². The maximum Gasteiger partial charge on any atom is 0.250 e. The minimum atomic E-state index is -0.0651. The van der Waals surface area contributed by atoms with Crippen molar-refractivity contribution >= 4 is 17.2 Å². The van der Waals surface area contributed by atoms with Crippen LogP contribution in [-0.2, 0) is 17.9 Å². The highest BCUT2D eigenvalue weighted by atomic mass is 32.1. The highest BCUT2D eigenvalue weighted by molar-refractivity contribution is 7.13. The molecule has 8 heteroatoms. The zero-order valence-electron chi connectivity index (χ0n) is 14.2. The van der Waals surface area contributed by atoms with Gasteiger partial charge in [-0.1, -0.05) is 12.1 Å². The van der Waals surface area contributed by atoms with Crippen molar-refractivity contribution in [2.75, 3.05) is 0 Å². The second-order valence-corrected chi connectivity index (χ2v) is 7.07. The highest BCUT2D eigenvalue weighted by Crippen LogP contribution is 2.24. The van der Waals surface area contributed by atoms with Gasteiger partial charge in [0.25, 0.3) is 5.91 Å². The summed E-state index contributed by atoms with van der Waals surface area (Å²) in [6, 6.07) is 7.59. The Kier molecular flexibility index (Phi) is 4.92. The van der Waals surface area contributed by atoms with Gasteiger partial charge in [0, 0.05) is 5.70 Å². The van der Waals surface area contributed by atoms with Crippen molar-refractivity contribution in [1.29, 1.82) is 0 Å². The zero-order valence-corrected chi connectivity index (χ0v) is 15.1. The van der Waals surface area contributed by atoms with E-state index in [9.17, 15) is 4.79 Å². The average Bonchev–Trinajstić information content (AvgIpc) is 3.42. The van der Waals surface area contributed by atoms with E-state index in [1.807, 2.05) is 29.6 Å². The summed E-state index contributed by atoms with van der Waals surface area (Å²) in [5.74, 6) is 1.24. The summed E-state index contributed by atoms with van der Waals surface area (Å²) in [4.78, 5) is 17.0. The number of rotatable bonds is 6. The van der Waals surface area contributed by atoms with Gasteiger partial charge in [-0.05, 0) is 54.5 Å². The maximum absolute atomic E-state index is 13.0. The van der Waals surface area contributed by atoms with E-state index in [1.165, 1.54) is 11.2 Å². The van der Waals surface area contributed by atoms with Crippen molar-refractivity contribution in [3.63, 3.8) is 0 Å². The van der Waals surface area contributed by atoms with Crippen LogP contribution in [0.3, 0.4) is 0 Å². The van der Waals surface area contributed by atoms with E-state index >= 15 is 0 Å². The zero-order chi connectivity index (χ0) is 17.8. The fraction of sp³-hybridized carbons (Fsp3) is 0.333. The summed E-state index contributed by atoms with van der Waals surface area (Å²) in [7, 11) is 0. The van der Waals surface area contributed by atoms with Crippen LogP contribution in [0.5, 0.6) is 0 Å². The minimum absolute atomic E-state index is 0.0520. The third-order valence-electron chi connectivity index (χ3n) is 4.28. The van der Waals surface area contributed by atoms with Crippen molar-refractivity contribution in [3.8, 4) is 10.7 Å². The summed E-state index contributed by atoms with van der Waals surface area (Å²) in [5.41, 5.74) is 1.05. The van der Waals surface area contributed by atoms with Crippen molar-refractivity contribution in [2.24, 2.45) is 0 Å². The smallest absolute Gasteiger partial charge is 0.250 e. The minimum Gasteiger partial charge on any atom is -0.467 e. The number of furan rings is 1. The Bertz CT molecular complexity index is 883. The van der Waals surface area contributed by atoms with Crippen LogP contribution in [-0.4, -0.2) is 31.0 Å². The van der Waals surface area contributed by atoms with E-state index in [-0.39, 0.29) is 12.5 Å². The quantitative estimate of drug-likeness (QED) is 0.665. The molecule has 134 valence electrons. The predicted octanol–water partition coefficient (Wildman–Crippen LogP) is 3.48. The topological polar surface area (TPSA) is 77.1 Å². The first-order chi connectivity index (χ1) is 12.8. The Hall–Kier alpha value is -2.74. The van der Waals surface area contributed by atoms with Gasteiger partial charge < -0.3 is 9.32 Å². The number of hydrogen-bond acceptors (Lipinski definition) is 6. The fourth-order valence-corrected chi connectivity index (χ4v) is 3.64. The molecule has 0 N–H and O–H groups in total. The summed E-state index contributed by atoms with van der Waals surface area (Å²) in [6.07, 6.45) is 7.94. The Labute approximate surface area is 154 Å². The first-order valence-corrected chi connectivity index (χ1v) is 9.51. The van der Waals surface area contributed by atoms with Crippen LogP contribution in [0.1, 0.15) is 31.4 Å². The van der Waals surface area contributed by atoms with E-state index in [1.54, 1.807) is 22.5 Å². The summed E-state index contributed by atoms with van der Waals surface area (Å²) < 4.78 is 5.44. The Morgan fingerprint density at radius 2 is 2.27 bits per heavy atom. The standard InChI is InChI=1S/C18H19N5O2S/c24-17(13-23-20-18(19-21-23)16-9-5-11-26-16)22(12-15-8-4-10-25-15)14-6-2-1-3-7-14/h4-6,8-11H,1-3,7,12-13H2. The van der Waals surface area contributed by atoms with Gasteiger partial charge in [-0.25, -0.2) is 0 Å². The number of tetrazole rings is 1.